The Morgan fingerprint density at radius 2 is 2.20 bits per heavy atom. The van der Waals surface area contributed by atoms with Crippen LogP contribution in [0.2, 0.25) is 0 Å². The van der Waals surface area contributed by atoms with Gasteiger partial charge in [0.15, 0.2) is 0 Å². The Labute approximate surface area is 120 Å². The molecule has 1 aromatic heterocycles. The maximum absolute atomic E-state index is 12.1. The molecule has 1 aromatic carbocycles. The van der Waals surface area contributed by atoms with Crippen molar-refractivity contribution in [2.75, 3.05) is 0 Å². The zero-order chi connectivity index (χ0) is 14.4. The lowest BCUT2D eigenvalue weighted by molar-refractivity contribution is -0.132. The third-order valence-electron chi connectivity index (χ3n) is 3.47. The molecule has 0 aliphatic carbocycles. The van der Waals surface area contributed by atoms with E-state index in [1.54, 1.807) is 11.5 Å². The number of nitrogens with one attached hydrogen (secondary N) is 2. The molecule has 3 N–H and O–H groups in total. The fourth-order valence-electron chi connectivity index (χ4n) is 2.65. The first-order valence-corrected chi connectivity index (χ1v) is 6.73. The van der Waals surface area contributed by atoms with Crippen molar-refractivity contribution >= 4 is 32.9 Å². The Morgan fingerprint density at radius 1 is 1.45 bits per heavy atom. The average molecular weight is 340 g/mol. The third kappa shape index (κ3) is 1.80. The molecule has 1 amide bonds. The van der Waals surface area contributed by atoms with Crippen LogP contribution in [-0.2, 0) is 11.2 Å². The van der Waals surface area contributed by atoms with Crippen molar-refractivity contribution in [2.45, 2.75) is 18.9 Å². The molecule has 1 aliphatic rings. The summed E-state index contributed by atoms with van der Waals surface area (Å²) in [4.78, 5) is 38.0. The second kappa shape index (κ2) is 4.57. The van der Waals surface area contributed by atoms with E-state index in [1.807, 2.05) is 6.07 Å². The van der Waals surface area contributed by atoms with E-state index in [1.165, 1.54) is 0 Å². The monoisotopic (exact) mass is 339 g/mol. The minimum atomic E-state index is -0.883. The second-order valence-corrected chi connectivity index (χ2v) is 5.54. The first-order valence-electron chi connectivity index (χ1n) is 5.94. The van der Waals surface area contributed by atoms with Crippen molar-refractivity contribution in [2.24, 2.45) is 0 Å². The van der Waals surface area contributed by atoms with Crippen LogP contribution in [0.4, 0.5) is 0 Å². The summed E-state index contributed by atoms with van der Waals surface area (Å²) in [6, 6.07) is 2.64. The van der Waals surface area contributed by atoms with E-state index in [2.05, 4.69) is 20.9 Å². The second-order valence-electron chi connectivity index (χ2n) is 4.62. The fraction of sp³-hybridized carbons (Fsp3) is 0.250. The van der Waals surface area contributed by atoms with Gasteiger partial charge in [-0.2, -0.15) is 0 Å². The van der Waals surface area contributed by atoms with Crippen molar-refractivity contribution in [1.29, 1.82) is 0 Å². The van der Waals surface area contributed by atoms with Crippen molar-refractivity contribution in [3.8, 4) is 0 Å². The number of hydrogen-bond acceptors (Lipinski definition) is 4. The Morgan fingerprint density at radius 3 is 2.90 bits per heavy atom. The first-order chi connectivity index (χ1) is 9.52. The van der Waals surface area contributed by atoms with Crippen LogP contribution in [0, 0.1) is 0 Å². The van der Waals surface area contributed by atoms with Gasteiger partial charge < -0.3 is 4.98 Å². The van der Waals surface area contributed by atoms with Gasteiger partial charge >= 0.3 is 11.1 Å². The molecule has 2 heterocycles. The number of amides is 1. The molecule has 0 saturated carbocycles. The molecular formula is C12H10BrN3O4. The molecule has 0 radical (unpaired) electrons. The summed E-state index contributed by atoms with van der Waals surface area (Å²) in [5.74, 6) is -0.701. The molecule has 0 spiro atoms. The number of carbonyl (C=O) groups excluding carboxylic acids is 1. The highest BCUT2D eigenvalue weighted by Gasteiger charge is 2.29. The van der Waals surface area contributed by atoms with Crippen LogP contribution in [0.25, 0.3) is 11.0 Å². The van der Waals surface area contributed by atoms with E-state index in [0.717, 1.165) is 14.6 Å². The van der Waals surface area contributed by atoms with E-state index >= 15 is 0 Å². The Balaban J connectivity index is 2.46. The van der Waals surface area contributed by atoms with E-state index in [9.17, 15) is 14.4 Å². The summed E-state index contributed by atoms with van der Waals surface area (Å²) in [7, 11) is 0. The summed E-state index contributed by atoms with van der Waals surface area (Å²) in [6.07, 6.45) is 0.911. The normalized spacial score (nSPS) is 17.2. The molecule has 20 heavy (non-hydrogen) atoms. The maximum atomic E-state index is 12.1. The molecule has 1 aliphatic heterocycles. The standard InChI is InChI=1S/C12H10BrN3O4/c13-6-3-5-1-2-8(10(17)15-20)16-9(5)7(4-6)14-11(18)12(16)19/h3-4,8,20H,1-2H2,(H,14,18)(H,15,17). The number of H-pyrrole nitrogens is 1. The van der Waals surface area contributed by atoms with Gasteiger partial charge in [-0.05, 0) is 30.5 Å². The molecule has 1 atom stereocenters. The number of hydrogen-bond donors (Lipinski definition) is 3. The summed E-state index contributed by atoms with van der Waals surface area (Å²) in [5, 5.41) is 8.79. The predicted octanol–water partition coefficient (Wildman–Crippen LogP) is 0.445. The van der Waals surface area contributed by atoms with Gasteiger partial charge in [0, 0.05) is 4.47 Å². The molecule has 1 unspecified atom stereocenters. The number of carbonyl (C=O) groups is 1. The lowest BCUT2D eigenvalue weighted by Gasteiger charge is -2.25. The van der Waals surface area contributed by atoms with Crippen LogP contribution in [0.5, 0.6) is 0 Å². The lowest BCUT2D eigenvalue weighted by atomic mass is 9.98. The van der Waals surface area contributed by atoms with Crippen LogP contribution < -0.4 is 16.6 Å². The molecule has 104 valence electrons. The van der Waals surface area contributed by atoms with Gasteiger partial charge in [0.1, 0.15) is 6.04 Å². The minimum Gasteiger partial charge on any atom is -0.316 e. The number of rotatable bonds is 1. The number of aromatic amines is 1. The number of aryl methyl sites for hydroxylation is 1. The van der Waals surface area contributed by atoms with Gasteiger partial charge in [0.2, 0.25) is 0 Å². The van der Waals surface area contributed by atoms with E-state index in [4.69, 9.17) is 5.21 Å². The topological polar surface area (TPSA) is 104 Å². The summed E-state index contributed by atoms with van der Waals surface area (Å²) < 4.78 is 1.94. The van der Waals surface area contributed by atoms with Gasteiger partial charge in [-0.25, -0.2) is 5.48 Å². The van der Waals surface area contributed by atoms with Gasteiger partial charge in [-0.3, -0.25) is 24.2 Å². The van der Waals surface area contributed by atoms with E-state index < -0.39 is 23.1 Å². The third-order valence-corrected chi connectivity index (χ3v) is 3.93. The molecular weight excluding hydrogens is 330 g/mol. The molecule has 0 bridgehead atoms. The quantitative estimate of drug-likeness (QED) is 0.398. The van der Waals surface area contributed by atoms with Crippen molar-refractivity contribution < 1.29 is 10.0 Å². The van der Waals surface area contributed by atoms with Crippen molar-refractivity contribution in [3.05, 3.63) is 42.9 Å². The van der Waals surface area contributed by atoms with Crippen LogP contribution in [0.1, 0.15) is 18.0 Å². The van der Waals surface area contributed by atoms with Gasteiger partial charge in [0.05, 0.1) is 11.0 Å². The number of hydroxylamine groups is 1. The van der Waals surface area contributed by atoms with E-state index in [0.29, 0.717) is 23.9 Å². The molecule has 7 nitrogen and oxygen atoms in total. The van der Waals surface area contributed by atoms with Crippen LogP contribution in [0.3, 0.4) is 0 Å². The predicted molar refractivity (Wildman–Crippen MR) is 73.8 cm³/mol. The van der Waals surface area contributed by atoms with Crippen LogP contribution >= 0.6 is 15.9 Å². The summed E-state index contributed by atoms with van der Waals surface area (Å²) in [6.45, 7) is 0. The van der Waals surface area contributed by atoms with Gasteiger partial charge in [-0.15, -0.1) is 0 Å². The van der Waals surface area contributed by atoms with Crippen LogP contribution in [-0.4, -0.2) is 20.7 Å². The largest absolute Gasteiger partial charge is 0.317 e. The Hall–Kier alpha value is -1.93. The maximum Gasteiger partial charge on any atom is 0.317 e. The highest BCUT2D eigenvalue weighted by atomic mass is 79.9. The fourth-order valence-corrected chi connectivity index (χ4v) is 3.16. The average Bonchev–Trinajstić information content (AvgIpc) is 2.43. The lowest BCUT2D eigenvalue weighted by Crippen LogP contribution is -2.44. The van der Waals surface area contributed by atoms with E-state index in [-0.39, 0.29) is 0 Å². The zero-order valence-electron chi connectivity index (χ0n) is 10.1. The van der Waals surface area contributed by atoms with Gasteiger partial charge in [-0.1, -0.05) is 15.9 Å². The highest BCUT2D eigenvalue weighted by Crippen LogP contribution is 2.30. The van der Waals surface area contributed by atoms with Gasteiger partial charge in [0.25, 0.3) is 5.91 Å². The summed E-state index contributed by atoms with van der Waals surface area (Å²) >= 11 is 3.34. The van der Waals surface area contributed by atoms with Crippen LogP contribution in [0.15, 0.2) is 26.2 Å². The number of benzene rings is 1. The molecule has 3 rings (SSSR count). The molecule has 2 aromatic rings. The number of halogens is 1. The SMILES string of the molecule is O=C(NO)C1CCc2cc(Br)cc3[nH]c(=O)c(=O)n1c23. The molecule has 0 fully saturated rings. The number of nitrogens with zero attached hydrogens (tertiary/aromatic N) is 1. The number of aromatic nitrogens is 2. The first kappa shape index (κ1) is 13.1. The molecule has 0 saturated heterocycles. The smallest absolute Gasteiger partial charge is 0.316 e. The van der Waals surface area contributed by atoms with Crippen molar-refractivity contribution in [3.63, 3.8) is 0 Å². The van der Waals surface area contributed by atoms with Crippen molar-refractivity contribution in [1.82, 2.24) is 15.0 Å². The highest BCUT2D eigenvalue weighted by molar-refractivity contribution is 9.10. The summed E-state index contributed by atoms with van der Waals surface area (Å²) in [5.41, 5.74) is 1.83. The Bertz CT molecular complexity index is 839. The Kier molecular flexibility index (Phi) is 2.98. The molecule has 8 heteroatoms. The minimum absolute atomic E-state index is 0.342. The zero-order valence-corrected chi connectivity index (χ0v) is 11.7.